The number of alkyl halides is 3. The van der Waals surface area contributed by atoms with Gasteiger partial charge in [-0.1, -0.05) is 11.6 Å². The van der Waals surface area contributed by atoms with Crippen LogP contribution in [0, 0.1) is 0 Å². The number of imide groups is 1. The van der Waals surface area contributed by atoms with Crippen molar-refractivity contribution in [3.05, 3.63) is 51.7 Å². The number of nitrogens with zero attached hydrogens (tertiary/aromatic N) is 1. The summed E-state index contributed by atoms with van der Waals surface area (Å²) in [5, 5.41) is 1.38. The molecule has 2 aromatic heterocycles. The van der Waals surface area contributed by atoms with E-state index in [1.807, 2.05) is 0 Å². The number of furan rings is 1. The average Bonchev–Trinajstić information content (AvgIpc) is 2.78. The molecule has 2 heterocycles. The molecule has 22 heavy (non-hydrogen) atoms. The van der Waals surface area contributed by atoms with Gasteiger partial charge in [0.25, 0.3) is 11.8 Å². The predicted octanol–water partition coefficient (Wildman–Crippen LogP) is 3.57. The van der Waals surface area contributed by atoms with Gasteiger partial charge >= 0.3 is 6.18 Å². The van der Waals surface area contributed by atoms with Gasteiger partial charge in [-0.15, -0.1) is 0 Å². The molecule has 0 radical (unpaired) electrons. The first-order valence-corrected chi connectivity index (χ1v) is 6.27. The van der Waals surface area contributed by atoms with Crippen LogP contribution >= 0.6 is 23.2 Å². The molecule has 0 aliphatic heterocycles. The van der Waals surface area contributed by atoms with Crippen molar-refractivity contribution >= 4 is 35.0 Å². The van der Waals surface area contributed by atoms with Crippen molar-refractivity contribution in [3.63, 3.8) is 0 Å². The normalized spacial score (nSPS) is 11.3. The molecule has 2 aromatic rings. The van der Waals surface area contributed by atoms with Crippen LogP contribution in [0.25, 0.3) is 0 Å². The largest absolute Gasteiger partial charge is 0.438 e. The lowest BCUT2D eigenvalue weighted by molar-refractivity contribution is -0.138. The molecule has 0 aromatic carbocycles. The molecule has 0 atom stereocenters. The first kappa shape index (κ1) is 16.3. The zero-order valence-corrected chi connectivity index (χ0v) is 11.9. The van der Waals surface area contributed by atoms with E-state index in [4.69, 9.17) is 27.6 Å². The van der Waals surface area contributed by atoms with Gasteiger partial charge in [0.1, 0.15) is 0 Å². The van der Waals surface area contributed by atoms with Crippen LogP contribution in [0.4, 0.5) is 13.2 Å². The maximum atomic E-state index is 12.8. The summed E-state index contributed by atoms with van der Waals surface area (Å²) in [6, 6.07) is 1.65. The van der Waals surface area contributed by atoms with Gasteiger partial charge in [0.05, 0.1) is 16.1 Å². The summed E-state index contributed by atoms with van der Waals surface area (Å²) in [5.41, 5.74) is -2.02. The highest BCUT2D eigenvalue weighted by molar-refractivity contribution is 6.41. The van der Waals surface area contributed by atoms with E-state index in [0.29, 0.717) is 12.3 Å². The van der Waals surface area contributed by atoms with Crippen molar-refractivity contribution < 1.29 is 27.2 Å². The quantitative estimate of drug-likeness (QED) is 0.838. The monoisotopic (exact) mass is 352 g/mol. The van der Waals surface area contributed by atoms with Crippen molar-refractivity contribution in [2.45, 2.75) is 6.18 Å². The molecule has 2 rings (SSSR count). The first-order valence-electron chi connectivity index (χ1n) is 5.52. The van der Waals surface area contributed by atoms with Gasteiger partial charge in [-0.25, -0.2) is 0 Å². The van der Waals surface area contributed by atoms with Gasteiger partial charge in [-0.05, 0) is 17.7 Å². The zero-order chi connectivity index (χ0) is 16.5. The van der Waals surface area contributed by atoms with E-state index in [0.717, 1.165) is 12.3 Å². The Kier molecular flexibility index (Phi) is 4.43. The van der Waals surface area contributed by atoms with E-state index >= 15 is 0 Å². The van der Waals surface area contributed by atoms with Crippen LogP contribution in [0.3, 0.4) is 0 Å². The third kappa shape index (κ3) is 3.40. The number of amides is 2. The van der Waals surface area contributed by atoms with Crippen LogP contribution < -0.4 is 5.32 Å². The van der Waals surface area contributed by atoms with Gasteiger partial charge in [0.15, 0.2) is 5.76 Å². The predicted molar refractivity (Wildman–Crippen MR) is 69.8 cm³/mol. The van der Waals surface area contributed by atoms with E-state index in [9.17, 15) is 22.8 Å². The van der Waals surface area contributed by atoms with Crippen molar-refractivity contribution in [2.75, 3.05) is 0 Å². The molecular weight excluding hydrogens is 348 g/mol. The van der Waals surface area contributed by atoms with Crippen LogP contribution in [-0.2, 0) is 6.18 Å². The van der Waals surface area contributed by atoms with E-state index in [1.165, 1.54) is 0 Å². The Hall–Kier alpha value is -2.06. The molecule has 0 fully saturated rings. The van der Waals surface area contributed by atoms with E-state index in [1.54, 1.807) is 5.32 Å². The number of carbonyl (C=O) groups excluding carboxylic acids is 2. The van der Waals surface area contributed by atoms with Gasteiger partial charge in [-0.2, -0.15) is 13.2 Å². The minimum Gasteiger partial charge on any atom is -0.438 e. The van der Waals surface area contributed by atoms with E-state index in [-0.39, 0.29) is 10.2 Å². The molecule has 0 saturated heterocycles. The molecule has 116 valence electrons. The third-order valence-corrected chi connectivity index (χ3v) is 3.13. The fourth-order valence-electron chi connectivity index (χ4n) is 1.51. The highest BCUT2D eigenvalue weighted by Gasteiger charge is 2.35. The Labute approximate surface area is 131 Å². The van der Waals surface area contributed by atoms with Crippen molar-refractivity contribution in [1.29, 1.82) is 0 Å². The molecule has 0 spiro atoms. The van der Waals surface area contributed by atoms with Gasteiger partial charge in [-0.3, -0.25) is 19.9 Å². The summed E-state index contributed by atoms with van der Waals surface area (Å²) in [6.45, 7) is 0. The van der Waals surface area contributed by atoms with Gasteiger partial charge in [0, 0.05) is 18.5 Å². The number of hydrogen-bond donors (Lipinski definition) is 1. The number of halogens is 5. The minimum atomic E-state index is -4.77. The fourth-order valence-corrected chi connectivity index (χ4v) is 1.79. The summed E-state index contributed by atoms with van der Waals surface area (Å²) in [7, 11) is 0. The third-order valence-electron chi connectivity index (χ3n) is 2.47. The van der Waals surface area contributed by atoms with Crippen molar-refractivity contribution in [1.82, 2.24) is 10.3 Å². The molecule has 5 nitrogen and oxygen atoms in total. The van der Waals surface area contributed by atoms with Crippen molar-refractivity contribution in [2.24, 2.45) is 0 Å². The summed E-state index contributed by atoms with van der Waals surface area (Å²) in [5.74, 6) is -2.79. The summed E-state index contributed by atoms with van der Waals surface area (Å²) >= 11 is 11.1. The highest BCUT2D eigenvalue weighted by atomic mass is 35.5. The Morgan fingerprint density at radius 1 is 1.23 bits per heavy atom. The summed E-state index contributed by atoms with van der Waals surface area (Å²) in [6.07, 6.45) is -3.18. The Balaban J connectivity index is 2.25. The van der Waals surface area contributed by atoms with Gasteiger partial charge < -0.3 is 4.42 Å². The Morgan fingerprint density at radius 3 is 2.45 bits per heavy atom. The van der Waals surface area contributed by atoms with Crippen LogP contribution in [0.2, 0.25) is 10.2 Å². The lowest BCUT2D eigenvalue weighted by Crippen LogP contribution is -2.32. The second-order valence-electron chi connectivity index (χ2n) is 3.93. The summed E-state index contributed by atoms with van der Waals surface area (Å²) in [4.78, 5) is 27.0. The molecule has 0 unspecified atom stereocenters. The maximum absolute atomic E-state index is 12.8. The number of hydrogen-bond acceptors (Lipinski definition) is 4. The first-order chi connectivity index (χ1) is 10.2. The number of carbonyl (C=O) groups is 2. The topological polar surface area (TPSA) is 72.2 Å². The molecule has 0 aliphatic rings. The number of rotatable bonds is 2. The fraction of sp³-hybridized carbons (Fsp3) is 0.0833. The van der Waals surface area contributed by atoms with Crippen LogP contribution in [0.15, 0.2) is 28.9 Å². The van der Waals surface area contributed by atoms with Gasteiger partial charge in [0.2, 0.25) is 5.22 Å². The molecule has 0 saturated carbocycles. The molecule has 0 aliphatic carbocycles. The number of pyridine rings is 1. The second-order valence-corrected chi connectivity index (χ2v) is 4.69. The Bertz CT molecular complexity index is 724. The molecule has 1 N–H and O–H groups in total. The van der Waals surface area contributed by atoms with Crippen molar-refractivity contribution in [3.8, 4) is 0 Å². The van der Waals surface area contributed by atoms with Crippen LogP contribution in [0.1, 0.15) is 26.5 Å². The summed E-state index contributed by atoms with van der Waals surface area (Å²) < 4.78 is 43.1. The molecular formula is C12H5Cl2F3N2O3. The highest BCUT2D eigenvalue weighted by Crippen LogP contribution is 2.31. The smallest absolute Gasteiger partial charge is 0.417 e. The van der Waals surface area contributed by atoms with Crippen LogP contribution in [-0.4, -0.2) is 16.8 Å². The number of nitrogens with one attached hydrogen (secondary N) is 1. The molecule has 0 bridgehead atoms. The lowest BCUT2D eigenvalue weighted by atomic mass is 10.1. The van der Waals surface area contributed by atoms with E-state index < -0.39 is 34.9 Å². The average molecular weight is 353 g/mol. The SMILES string of the molecule is O=C(NC(=O)c1cnccc1C(F)(F)F)c1cc(Cl)c(Cl)o1. The maximum Gasteiger partial charge on any atom is 0.417 e. The number of aromatic nitrogens is 1. The second kappa shape index (κ2) is 5.98. The minimum absolute atomic E-state index is 0.0726. The van der Waals surface area contributed by atoms with Crippen LogP contribution in [0.5, 0.6) is 0 Å². The lowest BCUT2D eigenvalue weighted by Gasteiger charge is -2.11. The zero-order valence-electron chi connectivity index (χ0n) is 10.4. The molecule has 2 amide bonds. The molecule has 10 heteroatoms. The standard InChI is InChI=1S/C12H5Cl2F3N2O3/c13-7-3-8(22-9(7)14)11(21)19-10(20)5-4-18-2-1-6(5)12(15,16)17/h1-4H,(H,19,20,21). The Morgan fingerprint density at radius 2 is 1.91 bits per heavy atom. The van der Waals surface area contributed by atoms with E-state index in [2.05, 4.69) is 4.98 Å².